The van der Waals surface area contributed by atoms with Crippen LogP contribution in [0, 0.1) is 107 Å². The normalized spacial score (nSPS) is 32.7. The summed E-state index contributed by atoms with van der Waals surface area (Å²) in [5.41, 5.74) is -0.480. The monoisotopic (exact) mass is 1500 g/mol. The van der Waals surface area contributed by atoms with Crippen molar-refractivity contribution in [3.8, 4) is 0 Å². The molecule has 0 unspecified atom stereocenters. The second kappa shape index (κ2) is 49.3. The van der Waals surface area contributed by atoms with Crippen molar-refractivity contribution in [2.24, 2.45) is 107 Å². The van der Waals surface area contributed by atoms with Crippen molar-refractivity contribution >= 4 is 35.6 Å². The zero-order valence-corrected chi connectivity index (χ0v) is 73.5. The van der Waals surface area contributed by atoms with Gasteiger partial charge in [0, 0.05) is 114 Å². The molecular weight excluding hydrogens is 1330 g/mol. The Kier molecular flexibility index (Phi) is 43.4. The molecule has 11 rings (SSSR count). The number of carbonyl (C=O) groups is 6. The van der Waals surface area contributed by atoms with E-state index in [9.17, 15) is 28.8 Å². The van der Waals surface area contributed by atoms with Gasteiger partial charge in [-0.3, -0.25) is 24.0 Å². The third kappa shape index (κ3) is 35.2. The number of likely N-dealkylation sites (tertiary alicyclic amines) is 2. The summed E-state index contributed by atoms with van der Waals surface area (Å²) in [5, 5.41) is 6.09. The van der Waals surface area contributed by atoms with E-state index in [0.717, 1.165) is 193 Å². The fourth-order valence-corrected chi connectivity index (χ4v) is 19.8. The van der Waals surface area contributed by atoms with E-state index >= 15 is 0 Å². The number of nitrogens with one attached hydrogen (secondary N) is 2. The number of nitrogens with zero attached hydrogens (tertiary/aromatic N) is 5. The number of hydrogen-bond acceptors (Lipinski definition) is 8. The van der Waals surface area contributed by atoms with Gasteiger partial charge in [-0.1, -0.05) is 116 Å². The fraction of sp³-hybridized carbons (Fsp3) is 0.935. The van der Waals surface area contributed by atoms with E-state index in [1.165, 1.54) is 154 Å². The predicted molar refractivity (Wildman–Crippen MR) is 448 cm³/mol. The van der Waals surface area contributed by atoms with Gasteiger partial charge in [0.25, 0.3) is 0 Å². The largest absolute Gasteiger partial charge is 0.444 e. The molecule has 0 aromatic heterocycles. The summed E-state index contributed by atoms with van der Waals surface area (Å²) in [5.74, 6) is 15.2. The van der Waals surface area contributed by atoms with Crippen LogP contribution in [0.15, 0.2) is 0 Å². The van der Waals surface area contributed by atoms with Crippen LogP contribution in [0.5, 0.6) is 0 Å². The first-order chi connectivity index (χ1) is 50.7. The molecule has 14 nitrogen and oxygen atoms in total. The molecule has 5 atom stereocenters. The van der Waals surface area contributed by atoms with Gasteiger partial charge in [0.2, 0.25) is 29.5 Å². The molecular formula is C93H173N7O7. The first-order valence-electron chi connectivity index (χ1n) is 45.8. The molecule has 6 amide bonds. The van der Waals surface area contributed by atoms with Crippen molar-refractivity contribution in [3.05, 3.63) is 0 Å². The zero-order chi connectivity index (χ0) is 78.9. The molecule has 0 spiro atoms. The molecule has 622 valence electrons. The number of hydrogen-bond donors (Lipinski definition) is 2. The van der Waals surface area contributed by atoms with Crippen LogP contribution in [0.25, 0.3) is 0 Å². The van der Waals surface area contributed by atoms with Crippen LogP contribution in [0.3, 0.4) is 0 Å². The Morgan fingerprint density at radius 2 is 0.710 bits per heavy atom. The maximum absolute atomic E-state index is 12.8. The molecule has 4 saturated heterocycles. The molecule has 0 aromatic rings. The second-order valence-electron chi connectivity index (χ2n) is 39.9. The summed E-state index contributed by atoms with van der Waals surface area (Å²) >= 11 is 0. The maximum Gasteiger partial charge on any atom is 0.410 e. The molecule has 4 aliphatic heterocycles. The van der Waals surface area contributed by atoms with E-state index < -0.39 is 5.60 Å². The molecule has 11 aliphatic rings. The molecule has 0 aromatic carbocycles. The van der Waals surface area contributed by atoms with E-state index in [4.69, 9.17) is 4.74 Å². The van der Waals surface area contributed by atoms with Crippen molar-refractivity contribution in [2.45, 2.75) is 386 Å². The highest BCUT2D eigenvalue weighted by Gasteiger charge is 2.38. The molecule has 11 fully saturated rings. The van der Waals surface area contributed by atoms with Crippen LogP contribution in [-0.2, 0) is 28.7 Å². The van der Waals surface area contributed by atoms with Gasteiger partial charge in [-0.15, -0.1) is 0 Å². The van der Waals surface area contributed by atoms with Crippen LogP contribution in [-0.4, -0.2) is 150 Å². The molecule has 7 aliphatic carbocycles. The Balaban J connectivity index is 0.000000227. The lowest BCUT2D eigenvalue weighted by molar-refractivity contribution is -0.141. The van der Waals surface area contributed by atoms with Gasteiger partial charge in [-0.05, 0) is 324 Å². The third-order valence-electron chi connectivity index (χ3n) is 27.5. The first kappa shape index (κ1) is 94.2. The van der Waals surface area contributed by atoms with E-state index in [2.05, 4.69) is 129 Å². The Morgan fingerprint density at radius 3 is 1.06 bits per heavy atom. The number of ether oxygens (including phenoxy) is 1. The van der Waals surface area contributed by atoms with Crippen LogP contribution in [0.2, 0.25) is 0 Å². The number of piperidine rings is 2. The smallest absolute Gasteiger partial charge is 0.410 e. The first-order valence-corrected chi connectivity index (χ1v) is 45.8. The Hall–Kier alpha value is -3.42. The topological polar surface area (TPSA) is 152 Å². The molecule has 4 heterocycles. The van der Waals surface area contributed by atoms with Crippen LogP contribution >= 0.6 is 0 Å². The summed E-state index contributed by atoms with van der Waals surface area (Å²) in [4.78, 5) is 83.0. The van der Waals surface area contributed by atoms with Crippen molar-refractivity contribution in [1.29, 1.82) is 0 Å². The number of rotatable bonds is 11. The van der Waals surface area contributed by atoms with Gasteiger partial charge in [0.15, 0.2) is 0 Å². The van der Waals surface area contributed by atoms with Crippen molar-refractivity contribution in [2.75, 3.05) is 66.0 Å². The van der Waals surface area contributed by atoms with Crippen LogP contribution < -0.4 is 10.6 Å². The maximum atomic E-state index is 12.8. The Morgan fingerprint density at radius 1 is 0.364 bits per heavy atom. The Labute approximate surface area is 659 Å². The molecule has 7 saturated carbocycles. The summed E-state index contributed by atoms with van der Waals surface area (Å²) in [6.45, 7) is 50.1. The van der Waals surface area contributed by atoms with E-state index in [1.54, 1.807) is 11.9 Å². The number of carbonyl (C=O) groups excluding carboxylic acids is 6. The minimum atomic E-state index is -0.480. The average molecular weight is 1500 g/mol. The summed E-state index contributed by atoms with van der Waals surface area (Å²) in [6, 6.07) is 1.00. The quantitative estimate of drug-likeness (QED) is 0.207. The number of piperazine rings is 2. The highest BCUT2D eigenvalue weighted by Crippen LogP contribution is 2.39. The van der Waals surface area contributed by atoms with Crippen molar-refractivity contribution in [1.82, 2.24) is 35.1 Å². The van der Waals surface area contributed by atoms with Crippen molar-refractivity contribution < 1.29 is 33.5 Å². The highest BCUT2D eigenvalue weighted by atomic mass is 16.6. The van der Waals surface area contributed by atoms with E-state index in [1.807, 2.05) is 32.6 Å². The molecule has 14 heteroatoms. The fourth-order valence-electron chi connectivity index (χ4n) is 19.8. The second-order valence-corrected chi connectivity index (χ2v) is 39.9. The SMILES string of the molecule is CC(C)C[C@@H](C)C1CCC(C)CC1.CC(C)C[C@H](C)C1CCC(C)CC1.CC1CCC(C(=O)N2CCCCC2)CC1.CC1CCC(C(=O)N2CCCC[C@H]2C)CC1.CC1CCC(C(=O)N2CCN(C(=O)OC(C)(C)C)C[C@H]2C)CC1.CC1CCC(C(=O)N2CCN[C@@H](C)C2)CC1.CNC(=O)C1CCC(C)CC1. The zero-order valence-electron chi connectivity index (χ0n) is 73.5. The summed E-state index contributed by atoms with van der Waals surface area (Å²) in [6.07, 6.45) is 45.1. The predicted octanol–water partition coefficient (Wildman–Crippen LogP) is 21.5. The summed E-state index contributed by atoms with van der Waals surface area (Å²) in [7, 11) is 1.72. The number of amides is 6. The highest BCUT2D eigenvalue weighted by molar-refractivity contribution is 5.81. The van der Waals surface area contributed by atoms with Gasteiger partial charge in [-0.25, -0.2) is 4.79 Å². The standard InChI is InChI=1S/C18H32N2O3.C14H25NO.C13H24N2O.C13H23NO.2C13H26.C9H17NO/c1-13-6-8-15(9-7-13)16(21)20-11-10-19(12-14(20)2)17(22)23-18(3,4)5;1-11-6-8-13(9-7-11)14(16)15-10-4-3-5-12(15)2;1-10-3-5-12(6-4-10)13(16)15-8-7-14-11(2)9-15;1-11-5-7-12(8-6-11)13(15)14-9-3-2-4-10-14;2*1-10(2)9-12(4)13-7-5-11(3)6-8-13;1-7-3-5-8(6-4-7)9(11)10-2/h13-15H,6-12H2,1-5H3;11-13H,3-10H2,1-2H3;10-12,14H,3-9H2,1-2H3;11-12H,2-10H2,1H3;2*10-13H,5-9H2,1-4H3;7-8H,3-6H2,1-2H3,(H,10,11)/t13?,14-,15?;11?,12-,13?;10?,11-,12?;;2*11?,12-,13?;/m110.10./s1. The van der Waals surface area contributed by atoms with E-state index in [0.29, 0.717) is 73.1 Å². The van der Waals surface area contributed by atoms with Gasteiger partial charge >= 0.3 is 6.09 Å². The lowest BCUT2D eigenvalue weighted by Crippen LogP contribution is -2.57. The lowest BCUT2D eigenvalue weighted by Gasteiger charge is -2.42. The molecule has 0 bridgehead atoms. The van der Waals surface area contributed by atoms with Crippen LogP contribution in [0.4, 0.5) is 4.79 Å². The van der Waals surface area contributed by atoms with Gasteiger partial charge < -0.3 is 39.9 Å². The molecule has 2 N–H and O–H groups in total. The third-order valence-corrected chi connectivity index (χ3v) is 27.5. The minimum absolute atomic E-state index is 0.0584. The summed E-state index contributed by atoms with van der Waals surface area (Å²) < 4.78 is 5.43. The van der Waals surface area contributed by atoms with Crippen molar-refractivity contribution in [3.63, 3.8) is 0 Å². The van der Waals surface area contributed by atoms with Gasteiger partial charge in [-0.2, -0.15) is 0 Å². The Bertz CT molecular complexity index is 2420. The minimum Gasteiger partial charge on any atom is -0.444 e. The molecule has 0 radical (unpaired) electrons. The van der Waals surface area contributed by atoms with Gasteiger partial charge in [0.05, 0.1) is 0 Å². The molecule has 107 heavy (non-hydrogen) atoms. The van der Waals surface area contributed by atoms with E-state index in [-0.39, 0.29) is 29.9 Å². The van der Waals surface area contributed by atoms with Gasteiger partial charge in [0.1, 0.15) is 5.60 Å². The van der Waals surface area contributed by atoms with Crippen LogP contribution in [0.1, 0.15) is 363 Å². The lowest BCUT2D eigenvalue weighted by atomic mass is 9.75. The average Bonchev–Trinajstić information content (AvgIpc) is 0.818.